The van der Waals surface area contributed by atoms with Crippen molar-refractivity contribution in [1.82, 2.24) is 4.72 Å². The van der Waals surface area contributed by atoms with Crippen molar-refractivity contribution in [2.45, 2.75) is 18.2 Å². The van der Waals surface area contributed by atoms with Crippen molar-refractivity contribution >= 4 is 37.3 Å². The SMILES string of the molecule is Cc1c(N)cc(S(=O)(=O)NCCCS(N)(=O)=O)cc1Cl. The lowest BCUT2D eigenvalue weighted by molar-refractivity contribution is 0.576. The molecule has 0 atom stereocenters. The fourth-order valence-corrected chi connectivity index (χ4v) is 3.37. The molecule has 1 rings (SSSR count). The van der Waals surface area contributed by atoms with Gasteiger partial charge in [-0.15, -0.1) is 0 Å². The average Bonchev–Trinajstić information content (AvgIpc) is 2.30. The Balaban J connectivity index is 2.80. The summed E-state index contributed by atoms with van der Waals surface area (Å²) in [5.41, 5.74) is 6.52. The third kappa shape index (κ3) is 4.91. The number of primary sulfonamides is 1. The molecular weight excluding hydrogens is 326 g/mol. The Hall–Kier alpha value is -0.870. The lowest BCUT2D eigenvalue weighted by Gasteiger charge is -2.09. The van der Waals surface area contributed by atoms with E-state index in [-0.39, 0.29) is 34.3 Å². The molecule has 20 heavy (non-hydrogen) atoms. The zero-order valence-corrected chi connectivity index (χ0v) is 13.1. The first-order chi connectivity index (χ1) is 9.03. The number of sulfonamides is 2. The van der Waals surface area contributed by atoms with Crippen molar-refractivity contribution in [3.63, 3.8) is 0 Å². The topological polar surface area (TPSA) is 132 Å². The van der Waals surface area contributed by atoms with E-state index in [9.17, 15) is 16.8 Å². The Labute approximate surface area is 123 Å². The number of nitrogen functional groups attached to an aromatic ring is 1. The van der Waals surface area contributed by atoms with Crippen molar-refractivity contribution in [3.05, 3.63) is 22.7 Å². The van der Waals surface area contributed by atoms with Gasteiger partial charge in [0, 0.05) is 17.3 Å². The molecule has 0 amide bonds. The number of hydrogen-bond acceptors (Lipinski definition) is 5. The van der Waals surface area contributed by atoms with E-state index in [1.165, 1.54) is 12.1 Å². The Morgan fingerprint density at radius 3 is 2.35 bits per heavy atom. The van der Waals surface area contributed by atoms with Gasteiger partial charge in [-0.3, -0.25) is 0 Å². The summed E-state index contributed by atoms with van der Waals surface area (Å²) in [6.07, 6.45) is 0.0765. The maximum Gasteiger partial charge on any atom is 0.240 e. The van der Waals surface area contributed by atoms with Crippen LogP contribution in [0.2, 0.25) is 5.02 Å². The summed E-state index contributed by atoms with van der Waals surface area (Å²) in [7, 11) is -7.39. The van der Waals surface area contributed by atoms with Gasteiger partial charge in [0.15, 0.2) is 0 Å². The fourth-order valence-electron chi connectivity index (χ4n) is 1.39. The van der Waals surface area contributed by atoms with E-state index in [1.54, 1.807) is 6.92 Å². The van der Waals surface area contributed by atoms with Crippen LogP contribution in [0.4, 0.5) is 5.69 Å². The molecule has 0 aliphatic heterocycles. The molecule has 0 saturated carbocycles. The molecule has 0 unspecified atom stereocenters. The van der Waals surface area contributed by atoms with Crippen LogP contribution in [0.5, 0.6) is 0 Å². The number of halogens is 1. The van der Waals surface area contributed by atoms with Gasteiger partial charge < -0.3 is 5.73 Å². The van der Waals surface area contributed by atoms with E-state index in [0.29, 0.717) is 5.56 Å². The van der Waals surface area contributed by atoms with Gasteiger partial charge in [-0.25, -0.2) is 26.7 Å². The molecule has 0 spiro atoms. The molecule has 0 radical (unpaired) electrons. The van der Waals surface area contributed by atoms with Crippen LogP contribution < -0.4 is 15.6 Å². The number of hydrogen-bond donors (Lipinski definition) is 3. The molecule has 10 heteroatoms. The molecule has 0 aliphatic carbocycles. The highest BCUT2D eigenvalue weighted by Crippen LogP contribution is 2.25. The van der Waals surface area contributed by atoms with Gasteiger partial charge in [0.25, 0.3) is 0 Å². The molecule has 114 valence electrons. The summed E-state index contributed by atoms with van der Waals surface area (Å²) in [6.45, 7) is 1.62. The van der Waals surface area contributed by atoms with Crippen LogP contribution in [0.3, 0.4) is 0 Å². The van der Waals surface area contributed by atoms with Crippen molar-refractivity contribution in [2.24, 2.45) is 5.14 Å². The monoisotopic (exact) mass is 341 g/mol. The number of nitrogens with one attached hydrogen (secondary N) is 1. The highest BCUT2D eigenvalue weighted by atomic mass is 35.5. The minimum atomic E-state index is -3.79. The Morgan fingerprint density at radius 2 is 1.85 bits per heavy atom. The minimum absolute atomic E-state index is 0.0514. The van der Waals surface area contributed by atoms with Gasteiger partial charge >= 0.3 is 0 Å². The molecule has 1 aromatic rings. The first-order valence-corrected chi connectivity index (χ1v) is 9.16. The molecule has 0 aliphatic rings. The van der Waals surface area contributed by atoms with Crippen molar-refractivity contribution in [2.75, 3.05) is 18.0 Å². The molecule has 0 bridgehead atoms. The molecule has 5 N–H and O–H groups in total. The van der Waals surface area contributed by atoms with Crippen LogP contribution in [-0.2, 0) is 20.0 Å². The van der Waals surface area contributed by atoms with Gasteiger partial charge in [-0.1, -0.05) is 11.6 Å². The molecule has 0 fully saturated rings. The predicted molar refractivity (Wildman–Crippen MR) is 78.4 cm³/mol. The van der Waals surface area contributed by atoms with Crippen molar-refractivity contribution in [1.29, 1.82) is 0 Å². The summed E-state index contributed by atoms with van der Waals surface area (Å²) in [4.78, 5) is -0.0683. The van der Waals surface area contributed by atoms with Gasteiger partial charge in [-0.05, 0) is 31.0 Å². The van der Waals surface area contributed by atoms with E-state index < -0.39 is 20.0 Å². The average molecular weight is 342 g/mol. The zero-order chi connectivity index (χ0) is 15.6. The number of benzene rings is 1. The van der Waals surface area contributed by atoms with Gasteiger partial charge in [0.1, 0.15) is 0 Å². The van der Waals surface area contributed by atoms with Crippen LogP contribution in [-0.4, -0.2) is 29.1 Å². The second-order valence-corrected chi connectivity index (χ2v) is 8.15. The summed E-state index contributed by atoms with van der Waals surface area (Å²) < 4.78 is 47.6. The highest BCUT2D eigenvalue weighted by molar-refractivity contribution is 7.89. The van der Waals surface area contributed by atoms with Crippen molar-refractivity contribution in [3.8, 4) is 0 Å². The Bertz CT molecular complexity index is 678. The summed E-state index contributed by atoms with van der Waals surface area (Å²) in [5.74, 6) is -0.299. The molecule has 7 nitrogen and oxygen atoms in total. The molecule has 0 heterocycles. The van der Waals surface area contributed by atoms with Crippen LogP contribution in [0.15, 0.2) is 17.0 Å². The second kappa shape index (κ2) is 6.27. The second-order valence-electron chi connectivity index (χ2n) is 4.24. The fraction of sp³-hybridized carbons (Fsp3) is 0.400. The van der Waals surface area contributed by atoms with E-state index in [1.807, 2.05) is 0 Å². The van der Waals surface area contributed by atoms with Crippen LogP contribution >= 0.6 is 11.6 Å². The molecular formula is C10H16ClN3O4S2. The maximum atomic E-state index is 12.0. The quantitative estimate of drug-likeness (QED) is 0.501. The maximum absolute atomic E-state index is 12.0. The molecule has 1 aromatic carbocycles. The first kappa shape index (κ1) is 17.2. The largest absolute Gasteiger partial charge is 0.398 e. The summed E-state index contributed by atoms with van der Waals surface area (Å²) >= 11 is 5.88. The van der Waals surface area contributed by atoms with Crippen LogP contribution in [0.1, 0.15) is 12.0 Å². The number of nitrogens with two attached hydrogens (primary N) is 2. The van der Waals surface area contributed by atoms with Gasteiger partial charge in [-0.2, -0.15) is 0 Å². The molecule has 0 saturated heterocycles. The predicted octanol–water partition coefficient (Wildman–Crippen LogP) is 0.188. The minimum Gasteiger partial charge on any atom is -0.398 e. The lowest BCUT2D eigenvalue weighted by Crippen LogP contribution is -2.27. The standard InChI is InChI=1S/C10H16ClN3O4S2/c1-7-9(11)5-8(6-10(7)12)20(17,18)14-3-2-4-19(13,15)16/h5-6,14H,2-4,12H2,1H3,(H2,13,15,16). The highest BCUT2D eigenvalue weighted by Gasteiger charge is 2.16. The van der Waals surface area contributed by atoms with E-state index in [2.05, 4.69) is 4.72 Å². The first-order valence-electron chi connectivity index (χ1n) is 5.59. The van der Waals surface area contributed by atoms with E-state index in [0.717, 1.165) is 0 Å². The normalized spacial score (nSPS) is 12.6. The van der Waals surface area contributed by atoms with Crippen LogP contribution in [0, 0.1) is 6.92 Å². The number of anilines is 1. The smallest absolute Gasteiger partial charge is 0.240 e. The third-order valence-electron chi connectivity index (χ3n) is 2.57. The van der Waals surface area contributed by atoms with Crippen molar-refractivity contribution < 1.29 is 16.8 Å². The van der Waals surface area contributed by atoms with Crippen LogP contribution in [0.25, 0.3) is 0 Å². The summed E-state index contributed by atoms with van der Waals surface area (Å²) in [5, 5.41) is 5.06. The third-order valence-corrected chi connectivity index (χ3v) is 5.26. The van der Waals surface area contributed by atoms with Gasteiger partial charge in [0.05, 0.1) is 10.6 Å². The Morgan fingerprint density at radius 1 is 1.25 bits per heavy atom. The van der Waals surface area contributed by atoms with E-state index >= 15 is 0 Å². The summed E-state index contributed by atoms with van der Waals surface area (Å²) in [6, 6.07) is 2.58. The lowest BCUT2D eigenvalue weighted by atomic mass is 10.2. The Kier molecular flexibility index (Phi) is 5.39. The van der Waals surface area contributed by atoms with E-state index in [4.69, 9.17) is 22.5 Å². The molecule has 0 aromatic heterocycles. The zero-order valence-electron chi connectivity index (χ0n) is 10.8. The number of rotatable bonds is 6. The van der Waals surface area contributed by atoms with Gasteiger partial charge in [0.2, 0.25) is 20.0 Å².